The van der Waals surface area contributed by atoms with E-state index in [0.29, 0.717) is 22.3 Å². The molecular formula is C16H16BrNO4S. The van der Waals surface area contributed by atoms with E-state index in [1.165, 1.54) is 7.11 Å². The molecule has 0 radical (unpaired) electrons. The predicted octanol–water partition coefficient (Wildman–Crippen LogP) is 3.38. The predicted molar refractivity (Wildman–Crippen MR) is 91.7 cm³/mol. The second kappa shape index (κ2) is 8.12. The van der Waals surface area contributed by atoms with Gasteiger partial charge in [0.2, 0.25) is 0 Å². The van der Waals surface area contributed by atoms with Gasteiger partial charge in [-0.1, -0.05) is 6.07 Å². The van der Waals surface area contributed by atoms with E-state index in [0.717, 1.165) is 4.88 Å². The number of amides is 1. The number of hydrogen-bond donors (Lipinski definition) is 1. The normalized spacial score (nSPS) is 11.6. The topological polar surface area (TPSA) is 64.6 Å². The Balaban J connectivity index is 1.95. The third-order valence-electron chi connectivity index (χ3n) is 3.04. The number of carbonyl (C=O) groups is 2. The second-order valence-electron chi connectivity index (χ2n) is 4.69. The highest BCUT2D eigenvalue weighted by molar-refractivity contribution is 9.10. The van der Waals surface area contributed by atoms with Crippen LogP contribution in [0.3, 0.4) is 0 Å². The van der Waals surface area contributed by atoms with Crippen LogP contribution in [0.25, 0.3) is 0 Å². The standard InChI is InChI=1S/C16H16BrNO4S/c1-10(15(19)18-9-12-4-3-7-23-12)22-14-6-5-11(8-13(14)17)16(20)21-2/h3-8,10H,9H2,1-2H3,(H,18,19). The first kappa shape index (κ1) is 17.5. The molecule has 0 aliphatic rings. The quantitative estimate of drug-likeness (QED) is 0.758. The van der Waals surface area contributed by atoms with Gasteiger partial charge in [0.1, 0.15) is 5.75 Å². The summed E-state index contributed by atoms with van der Waals surface area (Å²) in [5.41, 5.74) is 0.404. The van der Waals surface area contributed by atoms with Crippen LogP contribution in [0.4, 0.5) is 0 Å². The lowest BCUT2D eigenvalue weighted by Crippen LogP contribution is -2.35. The number of carbonyl (C=O) groups excluding carboxylic acids is 2. The van der Waals surface area contributed by atoms with Gasteiger partial charge in [0, 0.05) is 4.88 Å². The molecule has 1 aromatic heterocycles. The van der Waals surface area contributed by atoms with Crippen molar-refractivity contribution in [3.63, 3.8) is 0 Å². The van der Waals surface area contributed by atoms with Crippen molar-refractivity contribution in [2.45, 2.75) is 19.6 Å². The number of nitrogens with one attached hydrogen (secondary N) is 1. The highest BCUT2D eigenvalue weighted by Crippen LogP contribution is 2.27. The summed E-state index contributed by atoms with van der Waals surface area (Å²) in [6.07, 6.45) is -0.657. The molecule has 0 fully saturated rings. The zero-order valence-corrected chi connectivity index (χ0v) is 15.1. The highest BCUT2D eigenvalue weighted by atomic mass is 79.9. The maximum atomic E-state index is 12.1. The third-order valence-corrected chi connectivity index (χ3v) is 4.54. The summed E-state index contributed by atoms with van der Waals surface area (Å²) in [6, 6.07) is 8.70. The number of hydrogen-bond acceptors (Lipinski definition) is 5. The van der Waals surface area contributed by atoms with Crippen LogP contribution in [-0.2, 0) is 16.1 Å². The summed E-state index contributed by atoms with van der Waals surface area (Å²) in [5.74, 6) is -0.155. The molecule has 0 bridgehead atoms. The summed E-state index contributed by atoms with van der Waals surface area (Å²) in [5, 5.41) is 4.78. The van der Waals surface area contributed by atoms with Crippen LogP contribution >= 0.6 is 27.3 Å². The van der Waals surface area contributed by atoms with E-state index in [2.05, 4.69) is 26.0 Å². The minimum Gasteiger partial charge on any atom is -0.480 e. The van der Waals surface area contributed by atoms with Crippen molar-refractivity contribution in [3.8, 4) is 5.75 Å². The molecule has 0 spiro atoms. The van der Waals surface area contributed by atoms with Crippen molar-refractivity contribution in [2.24, 2.45) is 0 Å². The van der Waals surface area contributed by atoms with Crippen LogP contribution in [0.2, 0.25) is 0 Å². The van der Waals surface area contributed by atoms with Gasteiger partial charge in [0.15, 0.2) is 6.10 Å². The zero-order valence-electron chi connectivity index (χ0n) is 12.7. The van der Waals surface area contributed by atoms with Gasteiger partial charge in [-0.25, -0.2) is 4.79 Å². The number of methoxy groups -OCH3 is 1. The monoisotopic (exact) mass is 397 g/mol. The van der Waals surface area contributed by atoms with E-state index in [1.54, 1.807) is 36.5 Å². The molecule has 0 saturated carbocycles. The Morgan fingerprint density at radius 2 is 2.13 bits per heavy atom. The Labute approximate surface area is 146 Å². The highest BCUT2D eigenvalue weighted by Gasteiger charge is 2.17. The van der Waals surface area contributed by atoms with Crippen molar-refractivity contribution >= 4 is 39.1 Å². The van der Waals surface area contributed by atoms with Crippen LogP contribution in [-0.4, -0.2) is 25.1 Å². The Morgan fingerprint density at radius 1 is 1.35 bits per heavy atom. The van der Waals surface area contributed by atoms with E-state index in [4.69, 9.17) is 4.74 Å². The lowest BCUT2D eigenvalue weighted by Gasteiger charge is -2.16. The molecule has 1 atom stereocenters. The van der Waals surface area contributed by atoms with Gasteiger partial charge in [-0.05, 0) is 52.5 Å². The average molecular weight is 398 g/mol. The van der Waals surface area contributed by atoms with Crippen LogP contribution in [0.15, 0.2) is 40.2 Å². The molecule has 122 valence electrons. The van der Waals surface area contributed by atoms with Crippen molar-refractivity contribution in [1.82, 2.24) is 5.32 Å². The Kier molecular flexibility index (Phi) is 6.18. The molecule has 7 heteroatoms. The van der Waals surface area contributed by atoms with Gasteiger partial charge in [-0.3, -0.25) is 4.79 Å². The average Bonchev–Trinajstić information content (AvgIpc) is 3.07. The first-order valence-electron chi connectivity index (χ1n) is 6.86. The Morgan fingerprint density at radius 3 is 2.74 bits per heavy atom. The molecular weight excluding hydrogens is 382 g/mol. The lowest BCUT2D eigenvalue weighted by atomic mass is 10.2. The van der Waals surface area contributed by atoms with E-state index in [-0.39, 0.29) is 5.91 Å². The lowest BCUT2D eigenvalue weighted by molar-refractivity contribution is -0.127. The second-order valence-corrected chi connectivity index (χ2v) is 6.58. The van der Waals surface area contributed by atoms with Crippen LogP contribution in [0.1, 0.15) is 22.2 Å². The number of rotatable bonds is 6. The Hall–Kier alpha value is -1.86. The van der Waals surface area contributed by atoms with E-state index < -0.39 is 12.1 Å². The van der Waals surface area contributed by atoms with Crippen molar-refractivity contribution in [1.29, 1.82) is 0 Å². The summed E-state index contributed by atoms with van der Waals surface area (Å²) in [7, 11) is 1.32. The van der Waals surface area contributed by atoms with Gasteiger partial charge < -0.3 is 14.8 Å². The van der Waals surface area contributed by atoms with Gasteiger partial charge in [-0.15, -0.1) is 11.3 Å². The van der Waals surface area contributed by atoms with Crippen LogP contribution in [0.5, 0.6) is 5.75 Å². The van der Waals surface area contributed by atoms with Gasteiger partial charge in [-0.2, -0.15) is 0 Å². The number of esters is 1. The molecule has 5 nitrogen and oxygen atoms in total. The van der Waals surface area contributed by atoms with E-state index >= 15 is 0 Å². The third kappa shape index (κ3) is 4.80. The summed E-state index contributed by atoms with van der Waals surface area (Å²) in [6.45, 7) is 2.15. The largest absolute Gasteiger partial charge is 0.480 e. The molecule has 1 unspecified atom stereocenters. The van der Waals surface area contributed by atoms with Crippen molar-refractivity contribution in [2.75, 3.05) is 7.11 Å². The zero-order chi connectivity index (χ0) is 16.8. The molecule has 0 aliphatic heterocycles. The first-order valence-corrected chi connectivity index (χ1v) is 8.53. The minimum atomic E-state index is -0.657. The van der Waals surface area contributed by atoms with Crippen LogP contribution in [0, 0.1) is 0 Å². The van der Waals surface area contributed by atoms with E-state index in [1.807, 2.05) is 17.5 Å². The number of thiophene rings is 1. The first-order chi connectivity index (χ1) is 11.0. The number of ether oxygens (including phenoxy) is 2. The molecule has 23 heavy (non-hydrogen) atoms. The maximum absolute atomic E-state index is 12.1. The van der Waals surface area contributed by atoms with E-state index in [9.17, 15) is 9.59 Å². The van der Waals surface area contributed by atoms with Crippen molar-refractivity contribution in [3.05, 3.63) is 50.6 Å². The summed E-state index contributed by atoms with van der Waals surface area (Å²) >= 11 is 4.91. The molecule has 1 N–H and O–H groups in total. The van der Waals surface area contributed by atoms with Gasteiger partial charge in [0.25, 0.3) is 5.91 Å². The SMILES string of the molecule is COC(=O)c1ccc(OC(C)C(=O)NCc2cccs2)c(Br)c1. The minimum absolute atomic E-state index is 0.206. The maximum Gasteiger partial charge on any atom is 0.337 e. The summed E-state index contributed by atoms with van der Waals surface area (Å²) in [4.78, 5) is 24.6. The fourth-order valence-corrected chi connectivity index (χ4v) is 2.93. The fourth-order valence-electron chi connectivity index (χ4n) is 1.82. The Bertz CT molecular complexity index is 687. The summed E-state index contributed by atoms with van der Waals surface area (Å²) < 4.78 is 10.9. The molecule has 0 saturated heterocycles. The molecule has 0 aliphatic carbocycles. The van der Waals surface area contributed by atoms with Gasteiger partial charge >= 0.3 is 5.97 Å². The number of halogens is 1. The molecule has 1 amide bonds. The molecule has 2 rings (SSSR count). The van der Waals surface area contributed by atoms with Crippen molar-refractivity contribution < 1.29 is 19.1 Å². The van der Waals surface area contributed by atoms with Gasteiger partial charge in [0.05, 0.1) is 23.7 Å². The molecule has 2 aromatic rings. The fraction of sp³-hybridized carbons (Fsp3) is 0.250. The smallest absolute Gasteiger partial charge is 0.337 e. The number of benzene rings is 1. The molecule has 1 heterocycles. The molecule has 1 aromatic carbocycles. The van der Waals surface area contributed by atoms with Crippen LogP contribution < -0.4 is 10.1 Å².